The Kier molecular flexibility index (Phi) is 7.45. The van der Waals surface area contributed by atoms with Crippen LogP contribution >= 0.6 is 11.3 Å². The number of aromatic nitrogens is 1. The van der Waals surface area contributed by atoms with Crippen molar-refractivity contribution in [3.05, 3.63) is 111 Å². The predicted octanol–water partition coefficient (Wildman–Crippen LogP) is 5.77. The van der Waals surface area contributed by atoms with Crippen molar-refractivity contribution in [1.82, 2.24) is 4.98 Å². The van der Waals surface area contributed by atoms with Crippen molar-refractivity contribution in [2.45, 2.75) is 39.0 Å². The van der Waals surface area contributed by atoms with Crippen LogP contribution in [0.4, 0.5) is 5.13 Å². The molecular formula is C33H28N2O7S. The standard InChI is InChI=1S/C33H28N2O7S/c1-18-14-23-15-22(12-13-25(23)42-18)28(36)26-27(21-10-7-11-24(16-21)41-17-20-8-5-4-6-9-20)35(31(38)29(26)37)33-34-19(2)30(43-33)32(39)40-3/h4-13,15-16,18,27,36H,14,17H2,1-3H3/b28-26-. The number of aliphatic hydroxyl groups excluding tert-OH is 1. The number of ketones is 1. The van der Waals surface area contributed by atoms with Gasteiger partial charge < -0.3 is 19.3 Å². The highest BCUT2D eigenvalue weighted by atomic mass is 32.1. The van der Waals surface area contributed by atoms with Gasteiger partial charge in [-0.1, -0.05) is 53.8 Å². The zero-order valence-corrected chi connectivity index (χ0v) is 24.5. The third kappa shape index (κ3) is 5.25. The highest BCUT2D eigenvalue weighted by molar-refractivity contribution is 7.17. The molecule has 43 heavy (non-hydrogen) atoms. The fourth-order valence-corrected chi connectivity index (χ4v) is 6.36. The summed E-state index contributed by atoms with van der Waals surface area (Å²) in [5, 5.41) is 11.8. The van der Waals surface area contributed by atoms with E-state index in [-0.39, 0.29) is 27.4 Å². The molecule has 2 unspecified atom stereocenters. The van der Waals surface area contributed by atoms with E-state index >= 15 is 0 Å². The van der Waals surface area contributed by atoms with Crippen molar-refractivity contribution in [3.8, 4) is 11.5 Å². The summed E-state index contributed by atoms with van der Waals surface area (Å²) in [5.74, 6) is -1.41. The molecule has 1 N–H and O–H groups in total. The van der Waals surface area contributed by atoms with E-state index in [0.29, 0.717) is 35.6 Å². The summed E-state index contributed by atoms with van der Waals surface area (Å²) in [5.41, 5.74) is 3.06. The number of benzene rings is 3. The van der Waals surface area contributed by atoms with Crippen molar-refractivity contribution in [2.75, 3.05) is 12.0 Å². The number of aliphatic hydroxyl groups is 1. The molecule has 0 spiro atoms. The van der Waals surface area contributed by atoms with E-state index in [4.69, 9.17) is 14.2 Å². The number of thiazole rings is 1. The third-order valence-corrected chi connectivity index (χ3v) is 8.53. The lowest BCUT2D eigenvalue weighted by molar-refractivity contribution is -0.132. The van der Waals surface area contributed by atoms with Gasteiger partial charge in [-0.05, 0) is 60.9 Å². The number of fused-ring (bicyclic) bond motifs is 1. The molecule has 4 aromatic rings. The average Bonchev–Trinajstić information content (AvgIpc) is 3.67. The van der Waals surface area contributed by atoms with Gasteiger partial charge >= 0.3 is 11.9 Å². The molecule has 0 bridgehead atoms. The van der Waals surface area contributed by atoms with Gasteiger partial charge in [-0.3, -0.25) is 14.5 Å². The van der Waals surface area contributed by atoms with E-state index in [2.05, 4.69) is 4.98 Å². The van der Waals surface area contributed by atoms with Crippen molar-refractivity contribution >= 4 is 39.9 Å². The van der Waals surface area contributed by atoms with Gasteiger partial charge in [-0.25, -0.2) is 9.78 Å². The van der Waals surface area contributed by atoms with Gasteiger partial charge in [0.05, 0.1) is 24.4 Å². The van der Waals surface area contributed by atoms with Crippen LogP contribution in [0.1, 0.15) is 50.6 Å². The highest BCUT2D eigenvalue weighted by Crippen LogP contribution is 2.45. The van der Waals surface area contributed by atoms with Crippen LogP contribution < -0.4 is 14.4 Å². The fraction of sp³-hybridized carbons (Fsp3) is 0.212. The number of carbonyl (C=O) groups excluding carboxylic acids is 3. The second-order valence-corrected chi connectivity index (χ2v) is 11.4. The van der Waals surface area contributed by atoms with Gasteiger partial charge in [0.25, 0.3) is 5.78 Å². The average molecular weight is 597 g/mol. The SMILES string of the molecule is COC(=O)c1sc(N2C(=O)C(=O)/C(=C(\O)c3ccc4c(c3)CC(C)O4)C2c2cccc(OCc3ccccc3)c2)nc1C. The van der Waals surface area contributed by atoms with Gasteiger partial charge in [0.1, 0.15) is 34.8 Å². The molecule has 3 aromatic carbocycles. The number of aryl methyl sites for hydroxylation is 1. The minimum atomic E-state index is -1.04. The van der Waals surface area contributed by atoms with Crippen LogP contribution in [-0.4, -0.2) is 41.0 Å². The Morgan fingerprint density at radius 2 is 1.88 bits per heavy atom. The van der Waals surface area contributed by atoms with Crippen molar-refractivity contribution in [2.24, 2.45) is 0 Å². The highest BCUT2D eigenvalue weighted by Gasteiger charge is 2.48. The van der Waals surface area contributed by atoms with E-state index in [1.54, 1.807) is 49.4 Å². The molecule has 6 rings (SSSR count). The third-order valence-electron chi connectivity index (χ3n) is 7.40. The van der Waals surface area contributed by atoms with E-state index in [1.807, 2.05) is 37.3 Å². The van der Waals surface area contributed by atoms with Crippen LogP contribution in [0.25, 0.3) is 5.76 Å². The molecule has 2 aliphatic rings. The molecule has 1 saturated heterocycles. The first-order chi connectivity index (χ1) is 20.7. The first kappa shape index (κ1) is 28.2. The van der Waals surface area contributed by atoms with Gasteiger partial charge in [-0.15, -0.1) is 0 Å². The second-order valence-electron chi connectivity index (χ2n) is 10.4. The predicted molar refractivity (Wildman–Crippen MR) is 160 cm³/mol. The fourth-order valence-electron chi connectivity index (χ4n) is 5.35. The zero-order valence-electron chi connectivity index (χ0n) is 23.7. The molecule has 218 valence electrons. The van der Waals surface area contributed by atoms with E-state index in [1.165, 1.54) is 12.0 Å². The van der Waals surface area contributed by atoms with E-state index in [9.17, 15) is 19.5 Å². The molecule has 0 saturated carbocycles. The summed E-state index contributed by atoms with van der Waals surface area (Å²) in [7, 11) is 1.26. The van der Waals surface area contributed by atoms with Gasteiger partial charge in [-0.2, -0.15) is 0 Å². The molecule has 2 atom stereocenters. The molecule has 3 heterocycles. The number of esters is 1. The second kappa shape index (κ2) is 11.4. The molecule has 0 radical (unpaired) electrons. The Hall–Kier alpha value is -4.96. The lowest BCUT2D eigenvalue weighted by Crippen LogP contribution is -2.29. The largest absolute Gasteiger partial charge is 0.507 e. The number of hydrogen-bond donors (Lipinski definition) is 1. The zero-order chi connectivity index (χ0) is 30.2. The van der Waals surface area contributed by atoms with Crippen LogP contribution in [0.2, 0.25) is 0 Å². The lowest BCUT2D eigenvalue weighted by atomic mass is 9.94. The maximum Gasteiger partial charge on any atom is 0.350 e. The lowest BCUT2D eigenvalue weighted by Gasteiger charge is -2.23. The molecule has 1 aromatic heterocycles. The summed E-state index contributed by atoms with van der Waals surface area (Å²) in [4.78, 5) is 45.6. The number of hydrogen-bond acceptors (Lipinski definition) is 9. The van der Waals surface area contributed by atoms with Crippen LogP contribution in [0.3, 0.4) is 0 Å². The van der Waals surface area contributed by atoms with Crippen molar-refractivity contribution in [3.63, 3.8) is 0 Å². The number of methoxy groups -OCH3 is 1. The number of carbonyl (C=O) groups is 3. The Labute approximate surface area is 252 Å². The van der Waals surface area contributed by atoms with E-state index < -0.39 is 23.7 Å². The maximum absolute atomic E-state index is 13.7. The first-order valence-corrected chi connectivity index (χ1v) is 14.5. The number of amides is 1. The summed E-state index contributed by atoms with van der Waals surface area (Å²) in [6, 6.07) is 20.9. The number of nitrogens with zero attached hydrogens (tertiary/aromatic N) is 2. The Morgan fingerprint density at radius 1 is 1.09 bits per heavy atom. The molecule has 0 aliphatic carbocycles. The number of rotatable bonds is 7. The molecule has 9 nitrogen and oxygen atoms in total. The smallest absolute Gasteiger partial charge is 0.350 e. The minimum absolute atomic E-state index is 0.00579. The Balaban J connectivity index is 1.46. The Bertz CT molecular complexity index is 1780. The van der Waals surface area contributed by atoms with Crippen LogP contribution in [-0.2, 0) is 27.4 Å². The van der Waals surface area contributed by atoms with Crippen LogP contribution in [0, 0.1) is 6.92 Å². The summed E-state index contributed by atoms with van der Waals surface area (Å²) < 4.78 is 16.7. The van der Waals surface area contributed by atoms with Crippen molar-refractivity contribution < 1.29 is 33.7 Å². The molecule has 1 fully saturated rings. The Morgan fingerprint density at radius 3 is 2.65 bits per heavy atom. The number of anilines is 1. The summed E-state index contributed by atoms with van der Waals surface area (Å²) in [6.07, 6.45) is 0.651. The molecule has 2 aliphatic heterocycles. The molecule has 1 amide bonds. The molecular weight excluding hydrogens is 568 g/mol. The summed E-state index contributed by atoms with van der Waals surface area (Å²) in [6.45, 7) is 3.90. The van der Waals surface area contributed by atoms with Crippen molar-refractivity contribution in [1.29, 1.82) is 0 Å². The van der Waals surface area contributed by atoms with Gasteiger partial charge in [0.15, 0.2) is 5.13 Å². The quantitative estimate of drug-likeness (QED) is 0.124. The molecule has 10 heteroatoms. The number of ether oxygens (including phenoxy) is 3. The minimum Gasteiger partial charge on any atom is -0.507 e. The normalized spacial score (nSPS) is 18.8. The summed E-state index contributed by atoms with van der Waals surface area (Å²) >= 11 is 0.947. The topological polar surface area (TPSA) is 115 Å². The van der Waals surface area contributed by atoms with Gasteiger partial charge in [0, 0.05) is 12.0 Å². The van der Waals surface area contributed by atoms with E-state index in [0.717, 1.165) is 28.2 Å². The van der Waals surface area contributed by atoms with Gasteiger partial charge in [0.2, 0.25) is 0 Å². The van der Waals surface area contributed by atoms with Crippen LogP contribution in [0.5, 0.6) is 11.5 Å². The number of Topliss-reactive ketones (excluding diaryl/α,β-unsaturated/α-hetero) is 1. The monoisotopic (exact) mass is 596 g/mol. The van der Waals surface area contributed by atoms with Crippen LogP contribution in [0.15, 0.2) is 78.4 Å². The first-order valence-electron chi connectivity index (χ1n) is 13.7. The maximum atomic E-state index is 13.7.